The second-order valence-electron chi connectivity index (χ2n) is 24.8. The van der Waals surface area contributed by atoms with Crippen molar-refractivity contribution in [3.8, 4) is 0 Å². The number of rotatable bonds is 6. The van der Waals surface area contributed by atoms with Gasteiger partial charge in [0.15, 0.2) is 0 Å². The molecule has 512 valence electrons. The summed E-state index contributed by atoms with van der Waals surface area (Å²) in [6.45, 7) is 1.83. The zero-order chi connectivity index (χ0) is 72.4. The van der Waals surface area contributed by atoms with E-state index in [4.69, 9.17) is 55.9 Å². The molecular formula is C77H55Cl3N10O13. The van der Waals surface area contributed by atoms with Crippen LogP contribution in [0.1, 0.15) is 69.0 Å². The van der Waals surface area contributed by atoms with Crippen molar-refractivity contribution in [1.82, 2.24) is 24.9 Å². The van der Waals surface area contributed by atoms with Crippen LogP contribution in [0.5, 0.6) is 0 Å². The van der Waals surface area contributed by atoms with E-state index in [-0.39, 0.29) is 62.0 Å². The summed E-state index contributed by atoms with van der Waals surface area (Å²) in [6, 6.07) is 49.2. The van der Waals surface area contributed by atoms with E-state index in [1.54, 1.807) is 12.1 Å². The van der Waals surface area contributed by atoms with Gasteiger partial charge in [-0.15, -0.1) is 33.3 Å². The normalized spacial score (nSPS) is 12.2. The summed E-state index contributed by atoms with van der Waals surface area (Å²) in [5, 5.41) is 44.0. The third-order valence-electron chi connectivity index (χ3n) is 19.0. The van der Waals surface area contributed by atoms with E-state index in [1.807, 2.05) is 128 Å². The number of alkyl halides is 2. The Kier molecular flexibility index (Phi) is 17.8. The van der Waals surface area contributed by atoms with Crippen LogP contribution in [-0.4, -0.2) is 69.0 Å². The Balaban J connectivity index is 0.000000106. The molecule has 0 atom stereocenters. The molecule has 26 heteroatoms. The van der Waals surface area contributed by atoms with E-state index in [0.717, 1.165) is 156 Å². The molecule has 0 radical (unpaired) electrons. The third-order valence-corrected chi connectivity index (χ3v) is 19.8. The number of nitrogens with two attached hydrogens (primary N) is 1. The summed E-state index contributed by atoms with van der Waals surface area (Å²) in [4.78, 5) is 126. The molecule has 5 aromatic heterocycles. The summed E-state index contributed by atoms with van der Waals surface area (Å²) in [6.07, 6.45) is 4.19. The number of hydrogen-bond donors (Lipinski definition) is 9. The zero-order valence-electron chi connectivity index (χ0n) is 54.1. The average Bonchev–Trinajstić information content (AvgIpc) is 1.67. The molecule has 15 aromatic rings. The Morgan fingerprint density at radius 2 is 0.718 bits per heavy atom. The van der Waals surface area contributed by atoms with Crippen LogP contribution in [0, 0.1) is 20.2 Å². The maximum Gasteiger partial charge on any atom is 0.291 e. The summed E-state index contributed by atoms with van der Waals surface area (Å²) in [7, 11) is 0. The van der Waals surface area contributed by atoms with E-state index in [9.17, 15) is 48.5 Å². The fourth-order valence-corrected chi connectivity index (χ4v) is 15.0. The lowest BCUT2D eigenvalue weighted by Gasteiger charge is -2.10. The van der Waals surface area contributed by atoms with Crippen molar-refractivity contribution >= 4 is 183 Å². The number of nitro groups is 1. The highest BCUT2D eigenvalue weighted by Gasteiger charge is 2.29. The number of pyridine rings is 5. The van der Waals surface area contributed by atoms with Gasteiger partial charge in [0.1, 0.15) is 5.88 Å². The first-order valence-corrected chi connectivity index (χ1v) is 33.7. The molecule has 10 aromatic carbocycles. The van der Waals surface area contributed by atoms with Crippen molar-refractivity contribution in [1.29, 1.82) is 0 Å². The van der Waals surface area contributed by atoms with Gasteiger partial charge in [-0.2, -0.15) is 0 Å². The molecule has 10 N–H and O–H groups in total. The number of aromatic amines is 5. The Hall–Kier alpha value is -12.6. The molecule has 23 nitrogen and oxygen atoms in total. The maximum absolute atomic E-state index is 12.2. The number of carbonyl (C=O) groups excluding carboxylic acids is 3. The monoisotopic (exact) mass is 1430 g/mol. The first kappa shape index (κ1) is 67.6. The third kappa shape index (κ3) is 12.1. The Morgan fingerprint density at radius 1 is 0.417 bits per heavy atom. The molecule has 2 amide bonds. The Morgan fingerprint density at radius 3 is 1.10 bits per heavy atom. The minimum absolute atomic E-state index is 0.00206. The van der Waals surface area contributed by atoms with Gasteiger partial charge in [0.2, 0.25) is 17.1 Å². The second kappa shape index (κ2) is 27.2. The number of nitrogens with zero attached hydrogens (tertiary/aromatic N) is 2. The highest BCUT2D eigenvalue weighted by atomic mass is 35.5. The number of benzene rings is 10. The second-order valence-corrected chi connectivity index (χ2v) is 25.8. The van der Waals surface area contributed by atoms with E-state index in [1.165, 1.54) is 28.1 Å². The lowest BCUT2D eigenvalue weighted by Crippen LogP contribution is -2.14. The molecule has 20 rings (SSSR count). The number of hydrogen-bond acceptors (Lipinski definition) is 13. The van der Waals surface area contributed by atoms with Crippen LogP contribution in [-0.2, 0) is 46.5 Å². The standard InChI is InChI=1S/C17H14N2O2.C16H11ClN2O2.C14H8N2O3.C14H10N2O.C14H9NO.C2H2Cl2O.HNO3/c1-2-14(20)18-12-6-7-13-16-11(12)8-9-4-3-5-10(15(9)16)17(21)19-13;17-7-13(20)18-11-4-5-12-15-10(11)6-8-2-1-3-9(14(8)15)16(21)19-12;17-14-8-3-1-2-7-6-9-11(16(18)19)5-4-10(15-14)13(9)12(7)8;15-10-4-5-11-13-9(10)6-7-2-1-3-8(12(7)13)14(17)16-11;16-14-10-5-1-3-8-7-9-4-2-6-11(15-14)13(9)12(8)10;3-1-2(4)5;2-1(3)4/h3-7H,2,8H2,1H3,(H,18,20)(H,19,21);1-5H,6-7H2,(H,18,20)(H,19,21);1-5H,6H2,(H,15,17);1-5H,6,15H2,(H,16,17);1-6H,7H2,(H,15,16);1H2;(H,2,3,4). The topological polar surface area (TPSA) is 372 Å². The number of halogens is 3. The van der Waals surface area contributed by atoms with E-state index in [0.29, 0.717) is 41.1 Å². The molecule has 5 heterocycles. The van der Waals surface area contributed by atoms with E-state index >= 15 is 0 Å². The summed E-state index contributed by atoms with van der Waals surface area (Å²) < 4.78 is 0. The molecule has 5 aliphatic rings. The average molecular weight is 1430 g/mol. The fraction of sp³-hybridized carbons (Fsp3) is 0.117. The van der Waals surface area contributed by atoms with Crippen LogP contribution >= 0.6 is 34.8 Å². The van der Waals surface area contributed by atoms with Crippen molar-refractivity contribution in [3.63, 3.8) is 0 Å². The van der Waals surface area contributed by atoms with Crippen LogP contribution in [0.2, 0.25) is 0 Å². The molecule has 0 spiro atoms. The molecule has 103 heavy (non-hydrogen) atoms. The van der Waals surface area contributed by atoms with E-state index in [2.05, 4.69) is 53.8 Å². The lowest BCUT2D eigenvalue weighted by molar-refractivity contribution is -0.742. The van der Waals surface area contributed by atoms with E-state index < -0.39 is 10.3 Å². The van der Waals surface area contributed by atoms with Crippen molar-refractivity contribution < 1.29 is 29.6 Å². The van der Waals surface area contributed by atoms with Gasteiger partial charge in [0.05, 0.1) is 10.8 Å². The first-order chi connectivity index (χ1) is 49.6. The van der Waals surface area contributed by atoms with Gasteiger partial charge in [-0.25, -0.2) is 0 Å². The van der Waals surface area contributed by atoms with Crippen molar-refractivity contribution in [2.75, 3.05) is 28.1 Å². The van der Waals surface area contributed by atoms with Crippen LogP contribution in [0.4, 0.5) is 22.7 Å². The molecule has 0 bridgehead atoms. The summed E-state index contributed by atoms with van der Waals surface area (Å²) in [5.41, 5.74) is 23.4. The number of carbonyl (C=O) groups is 3. The number of anilines is 3. The number of aromatic nitrogens is 5. The quantitative estimate of drug-likeness (QED) is 0.0187. The summed E-state index contributed by atoms with van der Waals surface area (Å²) in [5.74, 6) is -0.404. The number of H-pyrrole nitrogens is 5. The zero-order valence-corrected chi connectivity index (χ0v) is 56.4. The van der Waals surface area contributed by atoms with Gasteiger partial charge in [0, 0.05) is 169 Å². The highest BCUT2D eigenvalue weighted by molar-refractivity contribution is 6.67. The maximum atomic E-state index is 12.2. The fourth-order valence-electron chi connectivity index (χ4n) is 14.9. The minimum Gasteiger partial charge on any atom is -0.398 e. The molecule has 0 saturated carbocycles. The van der Waals surface area contributed by atoms with Crippen LogP contribution in [0.15, 0.2) is 182 Å². The number of nitro benzene ring substituents is 1. The number of nitrogen functional groups attached to an aromatic ring is 1. The smallest absolute Gasteiger partial charge is 0.291 e. The van der Waals surface area contributed by atoms with Crippen LogP contribution in [0.25, 0.3) is 108 Å². The number of amides is 2. The van der Waals surface area contributed by atoms with Gasteiger partial charge in [-0.05, 0) is 147 Å². The first-order valence-electron chi connectivity index (χ1n) is 32.2. The molecule has 5 aliphatic carbocycles. The predicted octanol–water partition coefficient (Wildman–Crippen LogP) is 13.6. The van der Waals surface area contributed by atoms with Crippen LogP contribution < -0.4 is 44.2 Å². The van der Waals surface area contributed by atoms with Crippen molar-refractivity contribution in [2.45, 2.75) is 45.4 Å². The summed E-state index contributed by atoms with van der Waals surface area (Å²) >= 11 is 15.1. The van der Waals surface area contributed by atoms with Crippen molar-refractivity contribution in [2.24, 2.45) is 0 Å². The Labute approximate surface area is 593 Å². The Bertz CT molecular complexity index is 6420. The van der Waals surface area contributed by atoms with Gasteiger partial charge in [0.25, 0.3) is 38.6 Å². The van der Waals surface area contributed by atoms with Gasteiger partial charge in [-0.1, -0.05) is 79.7 Å². The van der Waals surface area contributed by atoms with Crippen LogP contribution in [0.3, 0.4) is 0 Å². The minimum atomic E-state index is -1.50. The molecule has 0 saturated heterocycles. The largest absolute Gasteiger partial charge is 0.398 e. The van der Waals surface area contributed by atoms with Gasteiger partial charge >= 0.3 is 0 Å². The highest BCUT2D eigenvalue weighted by Crippen LogP contribution is 2.44. The lowest BCUT2D eigenvalue weighted by atomic mass is 10.1. The SMILES string of the molecule is CCC(=O)Nc1ccc2[nH]c(=O)c3cccc4c3c2c1C4.Nc1ccc2[nH]c(=O)c3cccc4c3c2c1C4.O=C(CCl)Nc1ccc2[nH]c(=O)c3cccc4c3c2c1C4.O=C(Cl)CCl.O=[N+]([O-])O.O=c1[nH]c2ccc([N+](=O)[O-])c3c2c2c(cccc12)C3.O=c1[nH]c2cccc3c2c2c(cccc12)C3. The van der Waals surface area contributed by atoms with Gasteiger partial charge in [-0.3, -0.25) is 48.5 Å². The molecular weight excluding hydrogens is 1380 g/mol. The number of nitrogens with one attached hydrogen (secondary N) is 7. The predicted molar refractivity (Wildman–Crippen MR) is 404 cm³/mol. The molecule has 0 aliphatic heterocycles. The van der Waals surface area contributed by atoms with Crippen molar-refractivity contribution in [3.05, 3.63) is 285 Å². The molecule has 0 unspecified atom stereocenters. The van der Waals surface area contributed by atoms with Gasteiger partial charge < -0.3 is 46.5 Å². The molecule has 0 fully saturated rings.